The number of hydrogen-bond donors (Lipinski definition) is 1. The molecule has 1 amide bonds. The minimum Gasteiger partial charge on any atom is -0.453 e. The quantitative estimate of drug-likeness (QED) is 0.783. The third kappa shape index (κ3) is 2.31. The molecule has 8 nitrogen and oxygen atoms in total. The van der Waals surface area contributed by atoms with Gasteiger partial charge in [-0.05, 0) is 0 Å². The highest BCUT2D eigenvalue weighted by Gasteiger charge is 2.31. The van der Waals surface area contributed by atoms with Gasteiger partial charge in [0.25, 0.3) is 10.0 Å². The normalized spacial score (nSPS) is 17.7. The van der Waals surface area contributed by atoms with Crippen molar-refractivity contribution in [1.82, 2.24) is 19.2 Å². The van der Waals surface area contributed by atoms with Crippen LogP contribution in [0.2, 0.25) is 0 Å². The van der Waals surface area contributed by atoms with Gasteiger partial charge in [0.15, 0.2) is 5.03 Å². The predicted molar refractivity (Wildman–Crippen MR) is 61.3 cm³/mol. The lowest BCUT2D eigenvalue weighted by molar-refractivity contribution is 0.108. The summed E-state index contributed by atoms with van der Waals surface area (Å²) in [4.78, 5) is 19.0. The molecular formula is C9H14N4O4S. The van der Waals surface area contributed by atoms with Crippen molar-refractivity contribution in [2.75, 3.05) is 33.3 Å². The van der Waals surface area contributed by atoms with E-state index < -0.39 is 16.1 Å². The van der Waals surface area contributed by atoms with Gasteiger partial charge in [0.1, 0.15) is 0 Å². The monoisotopic (exact) mass is 274 g/mol. The van der Waals surface area contributed by atoms with E-state index >= 15 is 0 Å². The second-order valence-electron chi connectivity index (χ2n) is 3.78. The Kier molecular flexibility index (Phi) is 3.53. The van der Waals surface area contributed by atoms with Crippen molar-refractivity contribution in [3.05, 3.63) is 12.5 Å². The number of imidazole rings is 1. The Bertz CT molecular complexity index is 505. The first-order valence-corrected chi connectivity index (χ1v) is 6.81. The molecule has 100 valence electrons. The van der Waals surface area contributed by atoms with Gasteiger partial charge in [0.05, 0.1) is 19.6 Å². The number of aromatic amines is 1. The summed E-state index contributed by atoms with van der Waals surface area (Å²) in [7, 11) is -2.24. The molecule has 1 fully saturated rings. The van der Waals surface area contributed by atoms with Gasteiger partial charge in [0, 0.05) is 26.2 Å². The average Bonchev–Trinajstić information content (AvgIpc) is 2.92. The molecule has 0 radical (unpaired) electrons. The summed E-state index contributed by atoms with van der Waals surface area (Å²) in [6, 6.07) is 0. The summed E-state index contributed by atoms with van der Waals surface area (Å²) >= 11 is 0. The highest BCUT2D eigenvalue weighted by Crippen LogP contribution is 2.14. The van der Waals surface area contributed by atoms with Crippen LogP contribution in [-0.2, 0) is 14.8 Å². The number of aromatic nitrogens is 2. The molecule has 0 aromatic carbocycles. The first-order valence-electron chi connectivity index (χ1n) is 5.37. The number of carbonyl (C=O) groups is 1. The summed E-state index contributed by atoms with van der Waals surface area (Å²) in [5.74, 6) is 0. The van der Waals surface area contributed by atoms with E-state index in [4.69, 9.17) is 0 Å². The molecule has 1 aromatic rings. The Morgan fingerprint density at radius 2 is 2.06 bits per heavy atom. The van der Waals surface area contributed by atoms with E-state index in [-0.39, 0.29) is 18.1 Å². The fraction of sp³-hybridized carbons (Fsp3) is 0.556. The van der Waals surface area contributed by atoms with Crippen LogP contribution in [0.3, 0.4) is 0 Å². The number of amides is 1. The van der Waals surface area contributed by atoms with Crippen molar-refractivity contribution in [1.29, 1.82) is 0 Å². The van der Waals surface area contributed by atoms with Gasteiger partial charge in [-0.1, -0.05) is 0 Å². The molecular weight excluding hydrogens is 260 g/mol. The van der Waals surface area contributed by atoms with Gasteiger partial charge in [-0.3, -0.25) is 0 Å². The van der Waals surface area contributed by atoms with E-state index in [1.165, 1.54) is 28.8 Å². The molecule has 1 N–H and O–H groups in total. The van der Waals surface area contributed by atoms with Crippen molar-refractivity contribution in [3.63, 3.8) is 0 Å². The second-order valence-corrected chi connectivity index (χ2v) is 5.68. The Hall–Kier alpha value is -1.61. The predicted octanol–water partition coefficient (Wildman–Crippen LogP) is -0.518. The largest absolute Gasteiger partial charge is 0.453 e. The molecule has 1 aliphatic heterocycles. The lowest BCUT2D eigenvalue weighted by Crippen LogP contribution is -2.50. The van der Waals surface area contributed by atoms with Gasteiger partial charge in [-0.15, -0.1) is 0 Å². The molecule has 2 heterocycles. The van der Waals surface area contributed by atoms with Crippen LogP contribution in [0.15, 0.2) is 17.6 Å². The van der Waals surface area contributed by atoms with Crippen LogP contribution in [0.4, 0.5) is 4.79 Å². The lowest BCUT2D eigenvalue weighted by atomic mass is 10.4. The molecule has 2 rings (SSSR count). The van der Waals surface area contributed by atoms with E-state index in [1.54, 1.807) is 0 Å². The Morgan fingerprint density at radius 3 is 2.56 bits per heavy atom. The topological polar surface area (TPSA) is 95.6 Å². The molecule has 9 heteroatoms. The third-order valence-corrected chi connectivity index (χ3v) is 4.59. The summed E-state index contributed by atoms with van der Waals surface area (Å²) in [6.45, 7) is 1.13. The summed E-state index contributed by atoms with van der Waals surface area (Å²) in [5, 5.41) is 0.0639. The van der Waals surface area contributed by atoms with E-state index in [0.717, 1.165) is 0 Å². The molecule has 0 saturated carbocycles. The lowest BCUT2D eigenvalue weighted by Gasteiger charge is -2.32. The fourth-order valence-electron chi connectivity index (χ4n) is 1.76. The molecule has 1 saturated heterocycles. The number of methoxy groups -OCH3 is 1. The molecule has 0 unspecified atom stereocenters. The minimum atomic E-state index is -3.54. The average molecular weight is 274 g/mol. The first kappa shape index (κ1) is 12.8. The van der Waals surface area contributed by atoms with Crippen LogP contribution in [0, 0.1) is 0 Å². The molecule has 0 bridgehead atoms. The minimum absolute atomic E-state index is 0.0639. The zero-order chi connectivity index (χ0) is 13.2. The van der Waals surface area contributed by atoms with E-state index in [9.17, 15) is 13.2 Å². The number of H-pyrrole nitrogens is 1. The molecule has 0 atom stereocenters. The van der Waals surface area contributed by atoms with Crippen LogP contribution >= 0.6 is 0 Å². The maximum absolute atomic E-state index is 12.1. The zero-order valence-corrected chi connectivity index (χ0v) is 10.7. The van der Waals surface area contributed by atoms with Gasteiger partial charge in [-0.2, -0.15) is 4.31 Å². The Morgan fingerprint density at radius 1 is 1.39 bits per heavy atom. The second kappa shape index (κ2) is 4.94. The van der Waals surface area contributed by atoms with Crippen molar-refractivity contribution in [3.8, 4) is 0 Å². The first-order chi connectivity index (χ1) is 8.55. The Labute approximate surface area is 105 Å². The van der Waals surface area contributed by atoms with Crippen LogP contribution in [-0.4, -0.2) is 67.0 Å². The third-order valence-electron chi connectivity index (χ3n) is 2.76. The number of rotatable bonds is 2. The summed E-state index contributed by atoms with van der Waals surface area (Å²) in [5.41, 5.74) is 0. The molecule has 1 aliphatic rings. The van der Waals surface area contributed by atoms with Crippen molar-refractivity contribution < 1.29 is 17.9 Å². The summed E-state index contributed by atoms with van der Waals surface area (Å²) in [6.07, 6.45) is 2.15. The van der Waals surface area contributed by atoms with Crippen molar-refractivity contribution >= 4 is 16.1 Å². The number of nitrogens with one attached hydrogen (secondary N) is 1. The molecule has 0 aliphatic carbocycles. The van der Waals surface area contributed by atoms with Gasteiger partial charge >= 0.3 is 6.09 Å². The molecule has 18 heavy (non-hydrogen) atoms. The van der Waals surface area contributed by atoms with E-state index in [1.807, 2.05) is 0 Å². The van der Waals surface area contributed by atoms with Crippen LogP contribution in [0.25, 0.3) is 0 Å². The Balaban J connectivity index is 2.04. The van der Waals surface area contributed by atoms with Crippen LogP contribution in [0.5, 0.6) is 0 Å². The smallest absolute Gasteiger partial charge is 0.409 e. The summed E-state index contributed by atoms with van der Waals surface area (Å²) < 4.78 is 30.1. The maximum atomic E-state index is 12.1. The standard InChI is InChI=1S/C9H14N4O4S/c1-17-9(14)12-2-4-13(5-3-12)18(15,16)8-6-10-7-11-8/h6-7H,2-5H2,1H3,(H,10,11). The van der Waals surface area contributed by atoms with Gasteiger partial charge in [0.2, 0.25) is 0 Å². The van der Waals surface area contributed by atoms with Gasteiger partial charge < -0.3 is 14.6 Å². The van der Waals surface area contributed by atoms with Gasteiger partial charge in [-0.25, -0.2) is 18.2 Å². The highest BCUT2D eigenvalue weighted by atomic mass is 32.2. The number of carbonyl (C=O) groups excluding carboxylic acids is 1. The molecule has 0 spiro atoms. The van der Waals surface area contributed by atoms with E-state index in [0.29, 0.717) is 13.1 Å². The molecule has 1 aromatic heterocycles. The number of piperazine rings is 1. The number of hydrogen-bond acceptors (Lipinski definition) is 5. The van der Waals surface area contributed by atoms with Crippen molar-refractivity contribution in [2.45, 2.75) is 5.03 Å². The van der Waals surface area contributed by atoms with Crippen molar-refractivity contribution in [2.24, 2.45) is 0 Å². The number of nitrogens with zero attached hydrogens (tertiary/aromatic N) is 3. The zero-order valence-electron chi connectivity index (χ0n) is 9.87. The highest BCUT2D eigenvalue weighted by molar-refractivity contribution is 7.89. The van der Waals surface area contributed by atoms with E-state index in [2.05, 4.69) is 14.7 Å². The number of ether oxygens (including phenoxy) is 1. The van der Waals surface area contributed by atoms with Crippen LogP contribution in [0.1, 0.15) is 0 Å². The number of sulfonamides is 1. The SMILES string of the molecule is COC(=O)N1CCN(S(=O)(=O)c2cnc[nH]2)CC1. The van der Waals surface area contributed by atoms with Crippen LogP contribution < -0.4 is 0 Å². The fourth-order valence-corrected chi connectivity index (χ4v) is 3.08. The maximum Gasteiger partial charge on any atom is 0.409 e.